The number of nitrogens with zero attached hydrogens (tertiary/aromatic N) is 3. The van der Waals surface area contributed by atoms with Crippen LogP contribution in [-0.2, 0) is 9.59 Å². The van der Waals surface area contributed by atoms with Crippen molar-refractivity contribution in [2.75, 3.05) is 5.32 Å². The van der Waals surface area contributed by atoms with Crippen LogP contribution in [0, 0.1) is 6.92 Å². The van der Waals surface area contributed by atoms with E-state index in [1.54, 1.807) is 24.3 Å². The molecule has 35 heavy (non-hydrogen) atoms. The predicted molar refractivity (Wildman–Crippen MR) is 142 cm³/mol. The van der Waals surface area contributed by atoms with E-state index in [-0.39, 0.29) is 24.3 Å². The minimum Gasteiger partial charge on any atom is -0.326 e. The van der Waals surface area contributed by atoms with Gasteiger partial charge in [-0.2, -0.15) is 10.1 Å². The van der Waals surface area contributed by atoms with Crippen LogP contribution in [0.25, 0.3) is 0 Å². The summed E-state index contributed by atoms with van der Waals surface area (Å²) in [7, 11) is 0. The molecule has 2 atom stereocenters. The van der Waals surface area contributed by atoms with Gasteiger partial charge >= 0.3 is 0 Å². The minimum absolute atomic E-state index is 0.0253. The van der Waals surface area contributed by atoms with Gasteiger partial charge in [-0.15, -0.1) is 0 Å². The van der Waals surface area contributed by atoms with Crippen molar-refractivity contribution in [2.24, 2.45) is 10.1 Å². The Bertz CT molecular complexity index is 1310. The summed E-state index contributed by atoms with van der Waals surface area (Å²) >= 11 is 7.20. The third-order valence-electron chi connectivity index (χ3n) is 5.90. The number of amides is 2. The number of carbonyl (C=O) groups is 2. The zero-order valence-electron chi connectivity index (χ0n) is 19.0. The molecule has 0 bridgehead atoms. The Morgan fingerprint density at radius 1 is 1.06 bits per heavy atom. The van der Waals surface area contributed by atoms with Gasteiger partial charge in [0.05, 0.1) is 11.8 Å². The fraction of sp³-hybridized carbons (Fsp3) is 0.185. The molecule has 2 heterocycles. The van der Waals surface area contributed by atoms with Gasteiger partial charge in [-0.05, 0) is 42.3 Å². The first-order valence-electron chi connectivity index (χ1n) is 11.3. The fourth-order valence-electron chi connectivity index (χ4n) is 4.06. The number of nitrogens with one attached hydrogen (secondary N) is 1. The quantitative estimate of drug-likeness (QED) is 0.476. The van der Waals surface area contributed by atoms with Crippen LogP contribution in [-0.4, -0.2) is 33.0 Å². The van der Waals surface area contributed by atoms with Gasteiger partial charge in [0.15, 0.2) is 5.17 Å². The van der Waals surface area contributed by atoms with E-state index in [1.165, 1.54) is 17.3 Å². The second kappa shape index (κ2) is 10.1. The van der Waals surface area contributed by atoms with E-state index in [4.69, 9.17) is 16.7 Å². The molecule has 0 saturated heterocycles. The average Bonchev–Trinajstić information content (AvgIpc) is 3.46. The lowest BCUT2D eigenvalue weighted by Gasteiger charge is -2.23. The number of aliphatic imine (C=N–C) groups is 1. The molecule has 0 fully saturated rings. The summed E-state index contributed by atoms with van der Waals surface area (Å²) in [5.74, 6) is -0.568. The predicted octanol–water partition coefficient (Wildman–Crippen LogP) is 5.83. The molecule has 0 saturated carbocycles. The molecule has 2 amide bonds. The fourth-order valence-corrected chi connectivity index (χ4v) is 5.25. The van der Waals surface area contributed by atoms with Gasteiger partial charge in [0.25, 0.3) is 5.91 Å². The van der Waals surface area contributed by atoms with Crippen LogP contribution >= 0.6 is 23.4 Å². The van der Waals surface area contributed by atoms with Crippen molar-refractivity contribution < 1.29 is 9.59 Å². The van der Waals surface area contributed by atoms with E-state index >= 15 is 0 Å². The Morgan fingerprint density at radius 2 is 1.77 bits per heavy atom. The summed E-state index contributed by atoms with van der Waals surface area (Å²) in [6.07, 6.45) is 0.722. The summed E-state index contributed by atoms with van der Waals surface area (Å²) in [5.41, 5.74) is 4.90. The maximum Gasteiger partial charge on any atom is 0.262 e. The van der Waals surface area contributed by atoms with Crippen LogP contribution in [0.4, 0.5) is 5.69 Å². The van der Waals surface area contributed by atoms with Crippen LogP contribution in [0.1, 0.15) is 35.6 Å². The van der Waals surface area contributed by atoms with Crippen molar-refractivity contribution in [2.45, 2.75) is 31.1 Å². The molecule has 2 aliphatic rings. The van der Waals surface area contributed by atoms with E-state index in [0.29, 0.717) is 22.3 Å². The number of anilines is 1. The molecule has 0 aliphatic carbocycles. The van der Waals surface area contributed by atoms with Crippen LogP contribution in [0.2, 0.25) is 5.02 Å². The largest absolute Gasteiger partial charge is 0.326 e. The molecule has 0 aromatic heterocycles. The Hall–Kier alpha value is -3.42. The maximum absolute atomic E-state index is 12.7. The van der Waals surface area contributed by atoms with Gasteiger partial charge in [-0.25, -0.2) is 5.01 Å². The van der Waals surface area contributed by atoms with Crippen molar-refractivity contribution >= 4 is 51.7 Å². The zero-order chi connectivity index (χ0) is 24.4. The van der Waals surface area contributed by atoms with Gasteiger partial charge in [0, 0.05) is 23.6 Å². The lowest BCUT2D eigenvalue weighted by molar-refractivity contribution is -0.121. The first-order valence-corrected chi connectivity index (χ1v) is 12.6. The highest BCUT2D eigenvalue weighted by Crippen LogP contribution is 2.38. The van der Waals surface area contributed by atoms with Gasteiger partial charge in [0.2, 0.25) is 5.91 Å². The molecule has 5 rings (SSSR count). The summed E-state index contributed by atoms with van der Waals surface area (Å²) in [4.78, 5) is 29.6. The van der Waals surface area contributed by atoms with E-state index in [9.17, 15) is 9.59 Å². The van der Waals surface area contributed by atoms with Crippen molar-refractivity contribution in [1.29, 1.82) is 0 Å². The number of hydrogen-bond donors (Lipinski definition) is 1. The highest BCUT2D eigenvalue weighted by Gasteiger charge is 2.39. The van der Waals surface area contributed by atoms with Gasteiger partial charge in [-0.3, -0.25) is 9.59 Å². The number of aryl methyl sites for hydroxylation is 1. The maximum atomic E-state index is 12.7. The molecule has 176 valence electrons. The monoisotopic (exact) mass is 502 g/mol. The van der Waals surface area contributed by atoms with E-state index in [2.05, 4.69) is 53.6 Å². The molecule has 3 aromatic carbocycles. The molecule has 2 aliphatic heterocycles. The van der Waals surface area contributed by atoms with Crippen LogP contribution in [0.3, 0.4) is 0 Å². The van der Waals surface area contributed by atoms with Crippen molar-refractivity contribution in [3.63, 3.8) is 0 Å². The normalized spacial score (nSPS) is 19.5. The molecular formula is C27H23ClN4O2S. The first-order chi connectivity index (χ1) is 17.0. The number of rotatable bonds is 5. The smallest absolute Gasteiger partial charge is 0.262 e. The summed E-state index contributed by atoms with van der Waals surface area (Å²) < 4.78 is 0. The SMILES string of the molecule is Cc1ccc(C2=NN(C3=NC(=O)[C@H](CC(=O)Nc4ccc(Cl)cc4)S3)[C@@H](c3ccccc3)C2)cc1. The third-order valence-corrected chi connectivity index (χ3v) is 7.30. The summed E-state index contributed by atoms with van der Waals surface area (Å²) in [5, 5.41) is 10.1. The highest BCUT2D eigenvalue weighted by molar-refractivity contribution is 8.15. The Kier molecular flexibility index (Phi) is 6.70. The zero-order valence-corrected chi connectivity index (χ0v) is 20.6. The lowest BCUT2D eigenvalue weighted by Crippen LogP contribution is -2.25. The molecule has 0 spiro atoms. The van der Waals surface area contributed by atoms with E-state index in [1.807, 2.05) is 23.2 Å². The molecule has 0 unspecified atom stereocenters. The highest BCUT2D eigenvalue weighted by atomic mass is 35.5. The minimum atomic E-state index is -0.590. The lowest BCUT2D eigenvalue weighted by atomic mass is 9.98. The Labute approximate surface area is 213 Å². The summed E-state index contributed by atoms with van der Waals surface area (Å²) in [6, 6.07) is 25.1. The molecule has 3 aromatic rings. The van der Waals surface area contributed by atoms with Gasteiger partial charge in [0.1, 0.15) is 5.25 Å². The molecule has 1 N–H and O–H groups in total. The number of thioether (sulfide) groups is 1. The topological polar surface area (TPSA) is 74.1 Å². The van der Waals surface area contributed by atoms with Crippen molar-refractivity contribution in [3.8, 4) is 0 Å². The van der Waals surface area contributed by atoms with Crippen LogP contribution in [0.15, 0.2) is 89.0 Å². The molecular weight excluding hydrogens is 480 g/mol. The molecule has 0 radical (unpaired) electrons. The van der Waals surface area contributed by atoms with Crippen molar-refractivity contribution in [1.82, 2.24) is 5.01 Å². The number of benzene rings is 3. The Morgan fingerprint density at radius 3 is 2.49 bits per heavy atom. The molecule has 6 nitrogen and oxygen atoms in total. The number of hydrazone groups is 1. The standard InChI is InChI=1S/C27H23ClN4O2S/c1-17-7-9-18(10-8-17)22-15-23(19-5-3-2-4-6-19)32(31-22)27-30-26(34)24(35-27)16-25(33)29-21-13-11-20(28)12-14-21/h2-14,23-24H,15-16H2,1H3,(H,29,33)/t23-,24+/m1/s1. The first kappa shape index (κ1) is 23.3. The molecule has 8 heteroatoms. The van der Waals surface area contributed by atoms with Gasteiger partial charge < -0.3 is 5.32 Å². The number of carbonyl (C=O) groups excluding carboxylic acids is 2. The van der Waals surface area contributed by atoms with E-state index < -0.39 is 5.25 Å². The van der Waals surface area contributed by atoms with Crippen molar-refractivity contribution in [3.05, 3.63) is 101 Å². The third kappa shape index (κ3) is 5.31. The average molecular weight is 503 g/mol. The second-order valence-electron chi connectivity index (χ2n) is 8.49. The number of amidine groups is 1. The Balaban J connectivity index is 1.33. The number of halogens is 1. The second-order valence-corrected chi connectivity index (χ2v) is 10.1. The van der Waals surface area contributed by atoms with Crippen LogP contribution in [0.5, 0.6) is 0 Å². The van der Waals surface area contributed by atoms with Crippen LogP contribution < -0.4 is 5.32 Å². The number of hydrogen-bond acceptors (Lipinski definition) is 5. The van der Waals surface area contributed by atoms with E-state index in [0.717, 1.165) is 16.8 Å². The van der Waals surface area contributed by atoms with Gasteiger partial charge in [-0.1, -0.05) is 83.5 Å². The summed E-state index contributed by atoms with van der Waals surface area (Å²) in [6.45, 7) is 2.05.